The second-order valence-electron chi connectivity index (χ2n) is 11.1. The van der Waals surface area contributed by atoms with E-state index in [0.717, 1.165) is 17.5 Å². The zero-order valence-electron chi connectivity index (χ0n) is 24.0. The van der Waals surface area contributed by atoms with Crippen molar-refractivity contribution in [3.8, 4) is 33.5 Å². The minimum absolute atomic E-state index is 0.0393. The lowest BCUT2D eigenvalue weighted by Crippen LogP contribution is -2.59. The van der Waals surface area contributed by atoms with E-state index in [4.69, 9.17) is 18.9 Å². The number of hydrogen-bond donors (Lipinski definition) is 0. The number of rotatable bonds is 8. The molecule has 3 aromatic rings. The average Bonchev–Trinajstić information content (AvgIpc) is 3.57. The van der Waals surface area contributed by atoms with Gasteiger partial charge in [0.25, 0.3) is 0 Å². The van der Waals surface area contributed by atoms with Crippen LogP contribution < -0.4 is 14.4 Å². The van der Waals surface area contributed by atoms with E-state index in [1.807, 2.05) is 50.9 Å². The van der Waals surface area contributed by atoms with Gasteiger partial charge < -0.3 is 23.8 Å². The standard InChI is InChI=1S/C28H35FN6O5S/c1-28(2,3)40-27(36)35-17-8-10-20(35)24(29)21(12-17)34(4)26-33-32-25(41-26)18-9-7-16(11-22(18)39-15-37-5)19-13-23(38-6)31-14-30-19/h7,9,11,13-14,17,20-21,24H,8,10,12,15H2,1-6H3/t17?,20?,21-,24+/m0/s1. The van der Waals surface area contributed by atoms with E-state index in [2.05, 4.69) is 20.2 Å². The Morgan fingerprint density at radius 3 is 2.71 bits per heavy atom. The molecule has 13 heteroatoms. The normalized spacial score (nSPS) is 22.0. The molecule has 0 N–H and O–H groups in total. The maximum Gasteiger partial charge on any atom is 0.410 e. The van der Waals surface area contributed by atoms with Crippen molar-refractivity contribution in [3.63, 3.8) is 0 Å². The summed E-state index contributed by atoms with van der Waals surface area (Å²) in [7, 11) is 4.93. The second kappa shape index (κ2) is 11.7. The SMILES string of the molecule is COCOc1cc(-c2cc(OC)ncn2)ccc1-c1nnc(N(C)[C@H]2CC3CCC([C@H]2F)N3C(=O)OC(C)(C)C)s1. The summed E-state index contributed by atoms with van der Waals surface area (Å²) in [6, 6.07) is 6.34. The van der Waals surface area contributed by atoms with Gasteiger partial charge in [-0.05, 0) is 52.2 Å². The van der Waals surface area contributed by atoms with E-state index in [1.165, 1.54) is 17.7 Å². The Morgan fingerprint density at radius 2 is 1.98 bits per heavy atom. The Bertz CT molecular complexity index is 1380. The Hall–Kier alpha value is -3.58. The van der Waals surface area contributed by atoms with Crippen LogP contribution in [0, 0.1) is 0 Å². The summed E-state index contributed by atoms with van der Waals surface area (Å²) in [5.74, 6) is 0.992. The highest BCUT2D eigenvalue weighted by Crippen LogP contribution is 2.43. The smallest absolute Gasteiger partial charge is 0.410 e. The topological polar surface area (TPSA) is 112 Å². The fourth-order valence-corrected chi connectivity index (χ4v) is 6.30. The molecule has 2 fully saturated rings. The Morgan fingerprint density at radius 1 is 1.17 bits per heavy atom. The van der Waals surface area contributed by atoms with Gasteiger partial charge in [0.1, 0.15) is 23.8 Å². The number of benzene rings is 1. The van der Waals surface area contributed by atoms with Gasteiger partial charge in [0.2, 0.25) is 11.0 Å². The third-order valence-electron chi connectivity index (χ3n) is 7.30. The number of aromatic nitrogens is 4. The molecule has 2 aliphatic rings. The van der Waals surface area contributed by atoms with Crippen molar-refractivity contribution >= 4 is 22.6 Å². The van der Waals surface area contributed by atoms with Gasteiger partial charge in [-0.2, -0.15) is 0 Å². The van der Waals surface area contributed by atoms with Crippen molar-refractivity contribution < 1.29 is 28.1 Å². The number of amides is 1. The van der Waals surface area contributed by atoms with Crippen molar-refractivity contribution in [3.05, 3.63) is 30.6 Å². The predicted molar refractivity (Wildman–Crippen MR) is 152 cm³/mol. The largest absolute Gasteiger partial charge is 0.481 e. The quantitative estimate of drug-likeness (QED) is 0.336. The van der Waals surface area contributed by atoms with Crippen molar-refractivity contribution in [1.29, 1.82) is 0 Å². The average molecular weight is 587 g/mol. The predicted octanol–water partition coefficient (Wildman–Crippen LogP) is 4.97. The van der Waals surface area contributed by atoms with Crippen LogP contribution in [0.3, 0.4) is 0 Å². The minimum Gasteiger partial charge on any atom is -0.481 e. The van der Waals surface area contributed by atoms with Crippen molar-refractivity contribution in [1.82, 2.24) is 25.1 Å². The van der Waals surface area contributed by atoms with E-state index in [0.29, 0.717) is 40.3 Å². The molecule has 41 heavy (non-hydrogen) atoms. The second-order valence-corrected chi connectivity index (χ2v) is 12.1. The molecule has 2 saturated heterocycles. The molecule has 1 aromatic carbocycles. The molecule has 2 bridgehead atoms. The molecule has 0 radical (unpaired) electrons. The number of carbonyl (C=O) groups excluding carboxylic acids is 1. The number of hydrogen-bond acceptors (Lipinski definition) is 11. The summed E-state index contributed by atoms with van der Waals surface area (Å²) < 4.78 is 37.8. The summed E-state index contributed by atoms with van der Waals surface area (Å²) >= 11 is 1.35. The molecule has 2 aromatic heterocycles. The molecule has 1 amide bonds. The maximum absolute atomic E-state index is 15.9. The highest BCUT2D eigenvalue weighted by molar-refractivity contribution is 7.18. The lowest BCUT2D eigenvalue weighted by molar-refractivity contribution is -0.0103. The lowest BCUT2D eigenvalue weighted by atomic mass is 9.95. The summed E-state index contributed by atoms with van der Waals surface area (Å²) in [5, 5.41) is 10.0. The number of carbonyl (C=O) groups is 1. The van der Waals surface area contributed by atoms with Crippen LogP contribution in [0.1, 0.15) is 40.0 Å². The Kier molecular flexibility index (Phi) is 8.28. The number of anilines is 1. The van der Waals surface area contributed by atoms with E-state index >= 15 is 4.39 Å². The van der Waals surface area contributed by atoms with Gasteiger partial charge in [-0.15, -0.1) is 10.2 Å². The third-order valence-corrected chi connectivity index (χ3v) is 8.35. The first-order chi connectivity index (χ1) is 19.6. The number of fused-ring (bicyclic) bond motifs is 2. The van der Waals surface area contributed by atoms with E-state index < -0.39 is 29.9 Å². The molecule has 0 spiro atoms. The first-order valence-electron chi connectivity index (χ1n) is 13.4. The number of piperidine rings is 1. The molecule has 0 aliphatic carbocycles. The van der Waals surface area contributed by atoms with Crippen LogP contribution in [-0.4, -0.2) is 89.1 Å². The van der Waals surface area contributed by atoms with Crippen LogP contribution in [0.5, 0.6) is 11.6 Å². The lowest BCUT2D eigenvalue weighted by Gasteiger charge is -2.44. The minimum atomic E-state index is -1.25. The summed E-state index contributed by atoms with van der Waals surface area (Å²) in [4.78, 5) is 24.7. The first-order valence-corrected chi connectivity index (χ1v) is 14.3. The molecule has 220 valence electrons. The number of ether oxygens (including phenoxy) is 4. The van der Waals surface area contributed by atoms with E-state index in [9.17, 15) is 4.79 Å². The highest BCUT2D eigenvalue weighted by Gasteiger charge is 2.52. The van der Waals surface area contributed by atoms with Gasteiger partial charge in [-0.1, -0.05) is 17.4 Å². The van der Waals surface area contributed by atoms with Crippen LogP contribution in [0.2, 0.25) is 0 Å². The fourth-order valence-electron chi connectivity index (χ4n) is 5.41. The van der Waals surface area contributed by atoms with Crippen LogP contribution >= 0.6 is 11.3 Å². The van der Waals surface area contributed by atoms with E-state index in [1.54, 1.807) is 25.2 Å². The van der Waals surface area contributed by atoms with Crippen LogP contribution in [0.4, 0.5) is 14.3 Å². The number of nitrogens with zero attached hydrogens (tertiary/aromatic N) is 6. The van der Waals surface area contributed by atoms with Crippen molar-refractivity contribution in [2.45, 2.75) is 69.9 Å². The van der Waals surface area contributed by atoms with Crippen molar-refractivity contribution in [2.75, 3.05) is 33.0 Å². The molecular formula is C28H35FN6O5S. The molecule has 4 atom stereocenters. The molecule has 2 unspecified atom stereocenters. The van der Waals surface area contributed by atoms with Crippen LogP contribution in [0.25, 0.3) is 21.8 Å². The highest BCUT2D eigenvalue weighted by atomic mass is 32.1. The van der Waals surface area contributed by atoms with Gasteiger partial charge in [0, 0.05) is 31.8 Å². The molecule has 4 heterocycles. The fraction of sp³-hybridized carbons (Fsp3) is 0.536. The van der Waals surface area contributed by atoms with Gasteiger partial charge in [-0.25, -0.2) is 19.2 Å². The third kappa shape index (κ3) is 6.05. The van der Waals surface area contributed by atoms with Crippen LogP contribution in [-0.2, 0) is 9.47 Å². The zero-order chi connectivity index (χ0) is 29.3. The monoisotopic (exact) mass is 586 g/mol. The van der Waals surface area contributed by atoms with Gasteiger partial charge in [-0.3, -0.25) is 4.90 Å². The van der Waals surface area contributed by atoms with E-state index in [-0.39, 0.29) is 12.8 Å². The van der Waals surface area contributed by atoms with Gasteiger partial charge >= 0.3 is 6.09 Å². The molecule has 11 nitrogen and oxygen atoms in total. The summed E-state index contributed by atoms with van der Waals surface area (Å²) in [5.41, 5.74) is 1.56. The summed E-state index contributed by atoms with van der Waals surface area (Å²) in [6.07, 6.45) is 1.60. The zero-order valence-corrected chi connectivity index (χ0v) is 24.9. The molecular weight excluding hydrogens is 551 g/mol. The molecule has 5 rings (SSSR count). The first kappa shape index (κ1) is 28.9. The Labute approximate surface area is 242 Å². The van der Waals surface area contributed by atoms with Crippen LogP contribution in [0.15, 0.2) is 30.6 Å². The number of alkyl halides is 1. The van der Waals surface area contributed by atoms with Crippen molar-refractivity contribution in [2.24, 2.45) is 0 Å². The summed E-state index contributed by atoms with van der Waals surface area (Å²) in [6.45, 7) is 5.50. The molecule has 2 aliphatic heterocycles. The van der Waals surface area contributed by atoms with Gasteiger partial charge in [0.05, 0.1) is 30.5 Å². The molecule has 0 saturated carbocycles. The number of halogens is 1. The number of methoxy groups -OCH3 is 2. The van der Waals surface area contributed by atoms with Gasteiger partial charge in [0.15, 0.2) is 11.8 Å². The Balaban J connectivity index is 1.37. The maximum atomic E-state index is 15.9.